The summed E-state index contributed by atoms with van der Waals surface area (Å²) in [5.41, 5.74) is 4.97. The Hall–Kier alpha value is -0.770. The predicted molar refractivity (Wildman–Crippen MR) is 41.5 cm³/mol. The van der Waals surface area contributed by atoms with Crippen molar-refractivity contribution in [1.29, 1.82) is 0 Å². The lowest BCUT2D eigenvalue weighted by Crippen LogP contribution is -2.43. The molecule has 0 saturated heterocycles. The van der Waals surface area contributed by atoms with Gasteiger partial charge in [-0.15, -0.1) is 0 Å². The van der Waals surface area contributed by atoms with Crippen LogP contribution in [0.1, 0.15) is 20.3 Å². The van der Waals surface area contributed by atoms with Crippen LogP contribution in [0.5, 0.6) is 0 Å². The van der Waals surface area contributed by atoms with Gasteiger partial charge >= 0.3 is 0 Å². The molecular weight excluding hydrogens is 130 g/mol. The van der Waals surface area contributed by atoms with Crippen LogP contribution in [0.2, 0.25) is 0 Å². The third-order valence-electron chi connectivity index (χ3n) is 1.81. The number of ether oxygens (including phenoxy) is 1. The molecule has 10 heavy (non-hydrogen) atoms. The lowest BCUT2D eigenvalue weighted by molar-refractivity contribution is 0.0618. The van der Waals surface area contributed by atoms with E-state index in [1.54, 1.807) is 7.11 Å². The standard InChI is InChI=1S/C6H15N3O/c1-4-6(2,10-3)5(7)9-8/h4,8H2,1-3H3,(H2,7,9). The average Bonchev–Trinajstić information content (AvgIpc) is 2.01. The van der Waals surface area contributed by atoms with Crippen molar-refractivity contribution in [2.24, 2.45) is 16.7 Å². The molecule has 0 aromatic carbocycles. The van der Waals surface area contributed by atoms with Crippen molar-refractivity contribution in [1.82, 2.24) is 0 Å². The van der Waals surface area contributed by atoms with Gasteiger partial charge in [0.25, 0.3) is 0 Å². The summed E-state index contributed by atoms with van der Waals surface area (Å²) in [6, 6.07) is 0. The highest BCUT2D eigenvalue weighted by atomic mass is 16.5. The summed E-state index contributed by atoms with van der Waals surface area (Å²) in [5.74, 6) is 5.32. The molecule has 60 valence electrons. The first kappa shape index (κ1) is 9.23. The topological polar surface area (TPSA) is 73.6 Å². The Bertz CT molecular complexity index is 129. The lowest BCUT2D eigenvalue weighted by atomic mass is 10.0. The summed E-state index contributed by atoms with van der Waals surface area (Å²) in [4.78, 5) is 0. The maximum Gasteiger partial charge on any atom is 0.151 e. The number of amidine groups is 1. The minimum Gasteiger partial charge on any atom is -0.383 e. The van der Waals surface area contributed by atoms with Gasteiger partial charge in [0.1, 0.15) is 5.60 Å². The molecule has 1 unspecified atom stereocenters. The van der Waals surface area contributed by atoms with Gasteiger partial charge in [0.05, 0.1) is 0 Å². The van der Waals surface area contributed by atoms with Crippen LogP contribution in [0.4, 0.5) is 0 Å². The van der Waals surface area contributed by atoms with E-state index in [1.165, 1.54) is 0 Å². The Balaban J connectivity index is 4.32. The van der Waals surface area contributed by atoms with Crippen molar-refractivity contribution in [2.75, 3.05) is 7.11 Å². The van der Waals surface area contributed by atoms with Crippen molar-refractivity contribution in [3.05, 3.63) is 0 Å². The molecule has 4 heteroatoms. The number of hydrazone groups is 1. The van der Waals surface area contributed by atoms with E-state index < -0.39 is 5.60 Å². The lowest BCUT2D eigenvalue weighted by Gasteiger charge is -2.24. The number of methoxy groups -OCH3 is 1. The fourth-order valence-electron chi connectivity index (χ4n) is 0.567. The maximum atomic E-state index is 5.47. The Morgan fingerprint density at radius 1 is 1.70 bits per heavy atom. The monoisotopic (exact) mass is 145 g/mol. The van der Waals surface area contributed by atoms with Crippen molar-refractivity contribution in [3.8, 4) is 0 Å². The highest BCUT2D eigenvalue weighted by Crippen LogP contribution is 2.12. The van der Waals surface area contributed by atoms with Gasteiger partial charge < -0.3 is 16.3 Å². The van der Waals surface area contributed by atoms with Gasteiger partial charge in [-0.3, -0.25) is 0 Å². The van der Waals surface area contributed by atoms with Gasteiger partial charge in [-0.05, 0) is 13.3 Å². The zero-order valence-corrected chi connectivity index (χ0v) is 6.72. The Morgan fingerprint density at radius 2 is 2.20 bits per heavy atom. The van der Waals surface area contributed by atoms with Crippen LogP contribution < -0.4 is 11.6 Å². The summed E-state index contributed by atoms with van der Waals surface area (Å²) >= 11 is 0. The third-order valence-corrected chi connectivity index (χ3v) is 1.81. The summed E-state index contributed by atoms with van der Waals surface area (Å²) in [7, 11) is 1.58. The van der Waals surface area contributed by atoms with E-state index in [1.807, 2.05) is 13.8 Å². The zero-order valence-electron chi connectivity index (χ0n) is 6.72. The molecule has 0 spiro atoms. The molecule has 0 rings (SSSR count). The summed E-state index contributed by atoms with van der Waals surface area (Å²) < 4.78 is 5.10. The second-order valence-electron chi connectivity index (χ2n) is 2.30. The molecule has 4 nitrogen and oxygen atoms in total. The number of hydrogen-bond donors (Lipinski definition) is 2. The number of hydrogen-bond acceptors (Lipinski definition) is 3. The maximum absolute atomic E-state index is 5.47. The molecule has 0 heterocycles. The minimum atomic E-state index is -0.505. The fourth-order valence-corrected chi connectivity index (χ4v) is 0.567. The number of nitrogens with zero attached hydrogens (tertiary/aromatic N) is 1. The molecular formula is C6H15N3O. The second kappa shape index (κ2) is 3.41. The first-order valence-corrected chi connectivity index (χ1v) is 3.19. The van der Waals surface area contributed by atoms with Crippen LogP contribution in [0.25, 0.3) is 0 Å². The zero-order chi connectivity index (χ0) is 8.20. The van der Waals surface area contributed by atoms with Gasteiger partial charge in [0.15, 0.2) is 5.84 Å². The Morgan fingerprint density at radius 3 is 2.30 bits per heavy atom. The molecule has 0 fully saturated rings. The second-order valence-corrected chi connectivity index (χ2v) is 2.30. The van der Waals surface area contributed by atoms with E-state index in [4.69, 9.17) is 16.3 Å². The normalized spacial score (nSPS) is 18.5. The molecule has 0 saturated carbocycles. The minimum absolute atomic E-state index is 0.331. The molecule has 0 aromatic rings. The van der Waals surface area contributed by atoms with E-state index in [9.17, 15) is 0 Å². The van der Waals surface area contributed by atoms with Crippen molar-refractivity contribution in [3.63, 3.8) is 0 Å². The molecule has 0 aliphatic carbocycles. The number of nitrogens with two attached hydrogens (primary N) is 2. The van der Waals surface area contributed by atoms with E-state index in [-0.39, 0.29) is 0 Å². The first-order valence-electron chi connectivity index (χ1n) is 3.19. The third kappa shape index (κ3) is 1.60. The Labute approximate surface area is 61.2 Å². The molecule has 0 aromatic heterocycles. The molecule has 0 radical (unpaired) electrons. The van der Waals surface area contributed by atoms with Crippen LogP contribution >= 0.6 is 0 Å². The molecule has 1 atom stereocenters. The van der Waals surface area contributed by atoms with Crippen LogP contribution in [-0.2, 0) is 4.74 Å². The van der Waals surface area contributed by atoms with Gasteiger partial charge in [-0.25, -0.2) is 0 Å². The van der Waals surface area contributed by atoms with Crippen LogP contribution in [0.15, 0.2) is 5.10 Å². The number of rotatable bonds is 3. The molecule has 0 bridgehead atoms. The van der Waals surface area contributed by atoms with Crippen LogP contribution in [0.3, 0.4) is 0 Å². The van der Waals surface area contributed by atoms with Crippen molar-refractivity contribution in [2.45, 2.75) is 25.9 Å². The summed E-state index contributed by atoms with van der Waals surface area (Å²) in [6.45, 7) is 3.81. The fraction of sp³-hybridized carbons (Fsp3) is 0.833. The Kier molecular flexibility index (Phi) is 3.15. The van der Waals surface area contributed by atoms with Crippen LogP contribution in [0, 0.1) is 0 Å². The predicted octanol–water partition coefficient (Wildman–Crippen LogP) is 0.0324. The van der Waals surface area contributed by atoms with Crippen molar-refractivity contribution >= 4 is 5.84 Å². The highest BCUT2D eigenvalue weighted by Gasteiger charge is 2.25. The SMILES string of the molecule is CCC(C)(OC)C(N)=NN. The van der Waals surface area contributed by atoms with Gasteiger partial charge in [-0.2, -0.15) is 5.10 Å². The summed E-state index contributed by atoms with van der Waals surface area (Å²) in [5, 5.41) is 3.37. The van der Waals surface area contributed by atoms with Gasteiger partial charge in [0.2, 0.25) is 0 Å². The van der Waals surface area contributed by atoms with E-state index >= 15 is 0 Å². The summed E-state index contributed by atoms with van der Waals surface area (Å²) in [6.07, 6.45) is 0.760. The van der Waals surface area contributed by atoms with Gasteiger partial charge in [-0.1, -0.05) is 6.92 Å². The van der Waals surface area contributed by atoms with E-state index in [2.05, 4.69) is 5.10 Å². The van der Waals surface area contributed by atoms with Crippen LogP contribution in [-0.4, -0.2) is 18.5 Å². The first-order chi connectivity index (χ1) is 4.60. The molecule has 4 N–H and O–H groups in total. The largest absolute Gasteiger partial charge is 0.383 e. The quantitative estimate of drug-likeness (QED) is 0.255. The molecule has 0 amide bonds. The highest BCUT2D eigenvalue weighted by molar-refractivity contribution is 5.88. The molecule has 0 aliphatic heterocycles. The molecule has 0 aliphatic rings. The van der Waals surface area contributed by atoms with Gasteiger partial charge in [0, 0.05) is 7.11 Å². The average molecular weight is 145 g/mol. The van der Waals surface area contributed by atoms with E-state index in [0.29, 0.717) is 5.84 Å². The van der Waals surface area contributed by atoms with E-state index in [0.717, 1.165) is 6.42 Å². The van der Waals surface area contributed by atoms with Crippen molar-refractivity contribution < 1.29 is 4.74 Å². The smallest absolute Gasteiger partial charge is 0.151 e.